The molecule has 2 aliphatic rings. The van der Waals surface area contributed by atoms with E-state index in [9.17, 15) is 4.79 Å². The second kappa shape index (κ2) is 6.23. The summed E-state index contributed by atoms with van der Waals surface area (Å²) in [5.74, 6) is 0.728. The van der Waals surface area contributed by atoms with Crippen LogP contribution < -0.4 is 11.1 Å². The number of carbonyl (C=O) groups excluding carboxylic acids is 1. The van der Waals surface area contributed by atoms with Gasteiger partial charge in [0.2, 0.25) is 5.91 Å². The third kappa shape index (κ3) is 4.46. The first-order valence-corrected chi connectivity index (χ1v) is 7.84. The largest absolute Gasteiger partial charge is 0.368 e. The molecule has 0 radical (unpaired) electrons. The molecule has 110 valence electrons. The lowest BCUT2D eigenvalue weighted by atomic mass is 9.94. The lowest BCUT2D eigenvalue weighted by Gasteiger charge is -2.29. The van der Waals surface area contributed by atoms with Crippen LogP contribution in [0.4, 0.5) is 0 Å². The van der Waals surface area contributed by atoms with Crippen LogP contribution in [-0.4, -0.2) is 42.0 Å². The molecular formula is C15H29N3O. The Morgan fingerprint density at radius 1 is 1.37 bits per heavy atom. The Balaban J connectivity index is 1.74. The molecule has 4 heteroatoms. The fourth-order valence-electron chi connectivity index (χ4n) is 2.82. The highest BCUT2D eigenvalue weighted by atomic mass is 16.1. The maximum absolute atomic E-state index is 11.6. The minimum atomic E-state index is -0.538. The zero-order valence-corrected chi connectivity index (χ0v) is 12.5. The Kier molecular flexibility index (Phi) is 4.85. The van der Waals surface area contributed by atoms with Crippen molar-refractivity contribution in [2.45, 2.75) is 64.0 Å². The molecule has 1 atom stereocenters. The third-order valence-electron chi connectivity index (χ3n) is 4.49. The van der Waals surface area contributed by atoms with Crippen LogP contribution in [0.2, 0.25) is 0 Å². The average Bonchev–Trinajstić information content (AvgIpc) is 3.21. The van der Waals surface area contributed by atoms with Crippen LogP contribution in [0.3, 0.4) is 0 Å². The topological polar surface area (TPSA) is 58.4 Å². The van der Waals surface area contributed by atoms with Gasteiger partial charge in [0.25, 0.3) is 0 Å². The maximum atomic E-state index is 11.6. The number of carbonyl (C=O) groups is 1. The van der Waals surface area contributed by atoms with Gasteiger partial charge in [-0.25, -0.2) is 0 Å². The van der Waals surface area contributed by atoms with E-state index >= 15 is 0 Å². The Hall–Kier alpha value is -0.610. The van der Waals surface area contributed by atoms with Crippen molar-refractivity contribution in [2.24, 2.45) is 11.7 Å². The van der Waals surface area contributed by atoms with E-state index < -0.39 is 5.54 Å². The van der Waals surface area contributed by atoms with Crippen LogP contribution in [0.15, 0.2) is 0 Å². The van der Waals surface area contributed by atoms with Crippen LogP contribution in [-0.2, 0) is 4.79 Å². The van der Waals surface area contributed by atoms with Gasteiger partial charge >= 0.3 is 0 Å². The van der Waals surface area contributed by atoms with Gasteiger partial charge in [-0.1, -0.05) is 6.92 Å². The second-order valence-corrected chi connectivity index (χ2v) is 6.50. The maximum Gasteiger partial charge on any atom is 0.237 e. The van der Waals surface area contributed by atoms with Crippen LogP contribution in [0.1, 0.15) is 52.4 Å². The molecule has 1 amide bonds. The summed E-state index contributed by atoms with van der Waals surface area (Å²) >= 11 is 0. The summed E-state index contributed by atoms with van der Waals surface area (Å²) in [6.07, 6.45) is 7.46. The molecule has 0 saturated heterocycles. The smallest absolute Gasteiger partial charge is 0.237 e. The molecule has 0 aromatic heterocycles. The van der Waals surface area contributed by atoms with Gasteiger partial charge in [-0.3, -0.25) is 4.79 Å². The van der Waals surface area contributed by atoms with Crippen molar-refractivity contribution < 1.29 is 4.79 Å². The van der Waals surface area contributed by atoms with Crippen molar-refractivity contribution in [1.29, 1.82) is 0 Å². The first kappa shape index (κ1) is 14.8. The van der Waals surface area contributed by atoms with E-state index in [0.717, 1.165) is 37.9 Å². The molecule has 3 N–H and O–H groups in total. The molecule has 1 unspecified atom stereocenters. The first-order chi connectivity index (χ1) is 9.05. The number of primary amides is 1. The molecule has 0 aliphatic heterocycles. The Morgan fingerprint density at radius 3 is 2.53 bits per heavy atom. The first-order valence-electron chi connectivity index (χ1n) is 7.84. The van der Waals surface area contributed by atoms with Crippen molar-refractivity contribution in [3.8, 4) is 0 Å². The minimum absolute atomic E-state index is 0.227. The quantitative estimate of drug-likeness (QED) is 0.630. The number of nitrogens with zero attached hydrogens (tertiary/aromatic N) is 1. The monoisotopic (exact) mass is 267 g/mol. The van der Waals surface area contributed by atoms with Gasteiger partial charge in [0.1, 0.15) is 0 Å². The molecule has 0 heterocycles. The van der Waals surface area contributed by atoms with Crippen LogP contribution in [0.25, 0.3) is 0 Å². The van der Waals surface area contributed by atoms with Crippen LogP contribution in [0.5, 0.6) is 0 Å². The minimum Gasteiger partial charge on any atom is -0.368 e. The van der Waals surface area contributed by atoms with Gasteiger partial charge in [0.05, 0.1) is 5.54 Å². The molecule has 0 spiro atoms. The predicted octanol–water partition coefficient (Wildman–Crippen LogP) is 1.49. The van der Waals surface area contributed by atoms with Crippen molar-refractivity contribution in [3.63, 3.8) is 0 Å². The highest BCUT2D eigenvalue weighted by molar-refractivity contribution is 5.84. The summed E-state index contributed by atoms with van der Waals surface area (Å²) in [5.41, 5.74) is 4.98. The van der Waals surface area contributed by atoms with Gasteiger partial charge in [0.15, 0.2) is 0 Å². The van der Waals surface area contributed by atoms with E-state index in [1.54, 1.807) is 0 Å². The number of hydrogen-bond donors (Lipinski definition) is 2. The zero-order valence-electron chi connectivity index (χ0n) is 12.5. The highest BCUT2D eigenvalue weighted by Crippen LogP contribution is 2.35. The van der Waals surface area contributed by atoms with Crippen LogP contribution >= 0.6 is 0 Å². The summed E-state index contributed by atoms with van der Waals surface area (Å²) in [5, 5.41) is 3.24. The number of rotatable bonds is 10. The predicted molar refractivity (Wildman–Crippen MR) is 77.8 cm³/mol. The molecule has 2 aliphatic carbocycles. The molecule has 19 heavy (non-hydrogen) atoms. The number of hydrogen-bond acceptors (Lipinski definition) is 3. The molecule has 0 bridgehead atoms. The molecule has 2 saturated carbocycles. The van der Waals surface area contributed by atoms with E-state index in [2.05, 4.69) is 10.2 Å². The number of amides is 1. The summed E-state index contributed by atoms with van der Waals surface area (Å²) in [7, 11) is 0. The number of nitrogens with two attached hydrogens (primary N) is 1. The summed E-state index contributed by atoms with van der Waals surface area (Å²) < 4.78 is 0. The Bertz CT molecular complexity index is 313. The van der Waals surface area contributed by atoms with Crippen molar-refractivity contribution in [3.05, 3.63) is 0 Å². The summed E-state index contributed by atoms with van der Waals surface area (Å²) in [4.78, 5) is 14.2. The van der Waals surface area contributed by atoms with Gasteiger partial charge in [-0.15, -0.1) is 0 Å². The van der Waals surface area contributed by atoms with Gasteiger partial charge < -0.3 is 16.0 Å². The molecule has 4 nitrogen and oxygen atoms in total. The summed E-state index contributed by atoms with van der Waals surface area (Å²) in [6.45, 7) is 7.13. The Morgan fingerprint density at radius 2 is 2.05 bits per heavy atom. The Labute approximate surface area is 117 Å². The zero-order chi connectivity index (χ0) is 13.9. The van der Waals surface area contributed by atoms with E-state index in [1.165, 1.54) is 32.2 Å². The normalized spacial score (nSPS) is 22.5. The number of likely N-dealkylation sites (N-methyl/N-ethyl adjacent to an activating group) is 1. The van der Waals surface area contributed by atoms with E-state index in [-0.39, 0.29) is 5.91 Å². The highest BCUT2D eigenvalue weighted by Gasteiger charge is 2.34. The van der Waals surface area contributed by atoms with Crippen LogP contribution in [0, 0.1) is 5.92 Å². The average molecular weight is 267 g/mol. The summed E-state index contributed by atoms with van der Waals surface area (Å²) in [6, 6.07) is 0.833. The molecule has 0 aromatic carbocycles. The van der Waals surface area contributed by atoms with Crippen molar-refractivity contribution >= 4 is 5.91 Å². The lowest BCUT2D eigenvalue weighted by Crippen LogP contribution is -2.53. The lowest BCUT2D eigenvalue weighted by molar-refractivity contribution is -0.124. The van der Waals surface area contributed by atoms with E-state index in [4.69, 9.17) is 5.73 Å². The molecular weight excluding hydrogens is 238 g/mol. The number of nitrogens with one attached hydrogen (secondary N) is 1. The van der Waals surface area contributed by atoms with Gasteiger partial charge in [-0.2, -0.15) is 0 Å². The van der Waals surface area contributed by atoms with E-state index in [0.29, 0.717) is 0 Å². The molecule has 0 aromatic rings. The SMILES string of the molecule is CCNC(C)(CCCN(CC1CC1)C1CC1)C(N)=O. The van der Waals surface area contributed by atoms with Crippen molar-refractivity contribution in [1.82, 2.24) is 10.2 Å². The molecule has 2 fully saturated rings. The third-order valence-corrected chi connectivity index (χ3v) is 4.49. The van der Waals surface area contributed by atoms with Gasteiger partial charge in [-0.05, 0) is 64.5 Å². The van der Waals surface area contributed by atoms with Crippen molar-refractivity contribution in [2.75, 3.05) is 19.6 Å². The van der Waals surface area contributed by atoms with Gasteiger partial charge in [0, 0.05) is 12.6 Å². The fourth-order valence-corrected chi connectivity index (χ4v) is 2.82. The standard InChI is InChI=1S/C15H29N3O/c1-3-17-15(2,14(16)19)9-4-10-18(13-7-8-13)11-12-5-6-12/h12-13,17H,3-11H2,1-2H3,(H2,16,19). The fraction of sp³-hybridized carbons (Fsp3) is 0.933. The van der Waals surface area contributed by atoms with E-state index in [1.807, 2.05) is 13.8 Å². The molecule has 2 rings (SSSR count). The second-order valence-electron chi connectivity index (χ2n) is 6.50.